The molecule has 29 heavy (non-hydrogen) atoms. The largest absolute Gasteiger partial charge is 0.313 e. The summed E-state index contributed by atoms with van der Waals surface area (Å²) in [6.07, 6.45) is 3.12. The third kappa shape index (κ3) is 4.92. The SMILES string of the molecule is C=CCn1c(=NC(=O)Cc2ccc(C(C)C)cc2)sc2cc(S(C)(=O)=O)ccc21. The number of allylic oxidation sites excluding steroid dienone is 1. The first kappa shape index (κ1) is 21.2. The van der Waals surface area contributed by atoms with Gasteiger partial charge in [0.1, 0.15) is 0 Å². The van der Waals surface area contributed by atoms with E-state index in [1.165, 1.54) is 23.2 Å². The van der Waals surface area contributed by atoms with Crippen LogP contribution in [0.5, 0.6) is 0 Å². The van der Waals surface area contributed by atoms with E-state index in [1.54, 1.807) is 24.3 Å². The fraction of sp³-hybridized carbons (Fsp3) is 0.273. The van der Waals surface area contributed by atoms with Gasteiger partial charge in [0, 0.05) is 12.8 Å². The number of rotatable bonds is 6. The first-order valence-electron chi connectivity index (χ1n) is 9.30. The highest BCUT2D eigenvalue weighted by molar-refractivity contribution is 7.90. The summed E-state index contributed by atoms with van der Waals surface area (Å²) in [6.45, 7) is 8.51. The minimum absolute atomic E-state index is 0.218. The lowest BCUT2D eigenvalue weighted by atomic mass is 10.0. The van der Waals surface area contributed by atoms with E-state index in [0.717, 1.165) is 15.8 Å². The third-order valence-corrected chi connectivity index (χ3v) is 6.77. The zero-order valence-corrected chi connectivity index (χ0v) is 18.4. The molecule has 0 bridgehead atoms. The molecule has 0 saturated carbocycles. The highest BCUT2D eigenvalue weighted by atomic mass is 32.2. The molecule has 1 aromatic heterocycles. The maximum Gasteiger partial charge on any atom is 0.252 e. The van der Waals surface area contributed by atoms with Crippen molar-refractivity contribution in [3.63, 3.8) is 0 Å². The molecule has 0 N–H and O–H groups in total. The molecule has 3 rings (SSSR count). The number of thiazole rings is 1. The molecule has 0 atom stereocenters. The van der Waals surface area contributed by atoms with E-state index >= 15 is 0 Å². The minimum atomic E-state index is -3.30. The Kier molecular flexibility index (Phi) is 6.19. The zero-order valence-electron chi connectivity index (χ0n) is 16.8. The van der Waals surface area contributed by atoms with Crippen LogP contribution in [0.25, 0.3) is 10.2 Å². The van der Waals surface area contributed by atoms with E-state index in [2.05, 4.69) is 25.4 Å². The van der Waals surface area contributed by atoms with E-state index in [0.29, 0.717) is 17.3 Å². The summed E-state index contributed by atoms with van der Waals surface area (Å²) in [4.78, 5) is 17.7. The summed E-state index contributed by atoms with van der Waals surface area (Å²) in [7, 11) is -3.30. The van der Waals surface area contributed by atoms with Gasteiger partial charge in [-0.1, -0.05) is 55.5 Å². The van der Waals surface area contributed by atoms with Crippen LogP contribution >= 0.6 is 11.3 Å². The van der Waals surface area contributed by atoms with E-state index in [-0.39, 0.29) is 17.2 Å². The number of amides is 1. The average molecular weight is 429 g/mol. The van der Waals surface area contributed by atoms with Crippen LogP contribution in [0.15, 0.2) is 65.0 Å². The fourth-order valence-corrected chi connectivity index (χ4v) is 4.83. The molecular weight excluding hydrogens is 404 g/mol. The van der Waals surface area contributed by atoms with Gasteiger partial charge in [-0.15, -0.1) is 6.58 Å². The van der Waals surface area contributed by atoms with Gasteiger partial charge < -0.3 is 4.57 Å². The Balaban J connectivity index is 1.98. The van der Waals surface area contributed by atoms with Crippen LogP contribution < -0.4 is 4.80 Å². The first-order valence-corrected chi connectivity index (χ1v) is 12.0. The summed E-state index contributed by atoms with van der Waals surface area (Å²) in [5, 5.41) is 0. The van der Waals surface area contributed by atoms with Gasteiger partial charge >= 0.3 is 0 Å². The van der Waals surface area contributed by atoms with Crippen LogP contribution in [0.3, 0.4) is 0 Å². The summed E-state index contributed by atoms with van der Waals surface area (Å²) in [5.74, 6) is 0.202. The van der Waals surface area contributed by atoms with Crippen molar-refractivity contribution >= 4 is 37.3 Å². The lowest BCUT2D eigenvalue weighted by Gasteiger charge is -2.05. The lowest BCUT2D eigenvalue weighted by molar-refractivity contribution is -0.117. The van der Waals surface area contributed by atoms with Gasteiger partial charge in [0.25, 0.3) is 5.91 Å². The first-order chi connectivity index (χ1) is 13.7. The molecule has 0 aliphatic carbocycles. The van der Waals surface area contributed by atoms with Crippen molar-refractivity contribution in [1.29, 1.82) is 0 Å². The van der Waals surface area contributed by atoms with Crippen LogP contribution in [-0.4, -0.2) is 25.1 Å². The minimum Gasteiger partial charge on any atom is -0.313 e. The highest BCUT2D eigenvalue weighted by Gasteiger charge is 2.12. The molecule has 3 aromatic rings. The molecule has 0 fully saturated rings. The predicted molar refractivity (Wildman–Crippen MR) is 118 cm³/mol. The molecule has 1 amide bonds. The number of carbonyl (C=O) groups excluding carboxylic acids is 1. The molecule has 0 saturated heterocycles. The Labute approximate surface area is 175 Å². The normalized spacial score (nSPS) is 12.6. The lowest BCUT2D eigenvalue weighted by Crippen LogP contribution is -2.17. The molecule has 7 heteroatoms. The molecule has 0 spiro atoms. The predicted octanol–water partition coefficient (Wildman–Crippen LogP) is 4.09. The Morgan fingerprint density at radius 1 is 1.21 bits per heavy atom. The van der Waals surface area contributed by atoms with Crippen molar-refractivity contribution in [3.05, 3.63) is 71.0 Å². The Hall–Kier alpha value is -2.51. The zero-order chi connectivity index (χ0) is 21.2. The van der Waals surface area contributed by atoms with Crippen molar-refractivity contribution in [1.82, 2.24) is 4.57 Å². The second-order valence-electron chi connectivity index (χ2n) is 7.26. The van der Waals surface area contributed by atoms with Gasteiger partial charge in [0.05, 0.1) is 21.5 Å². The van der Waals surface area contributed by atoms with Crippen molar-refractivity contribution in [2.75, 3.05) is 6.26 Å². The number of fused-ring (bicyclic) bond motifs is 1. The summed E-state index contributed by atoms with van der Waals surface area (Å²) in [5.41, 5.74) is 2.97. The molecule has 152 valence electrons. The number of hydrogen-bond donors (Lipinski definition) is 0. The van der Waals surface area contributed by atoms with Crippen molar-refractivity contribution < 1.29 is 13.2 Å². The molecule has 0 radical (unpaired) electrons. The van der Waals surface area contributed by atoms with Crippen LogP contribution in [-0.2, 0) is 27.6 Å². The van der Waals surface area contributed by atoms with E-state index in [1.807, 2.05) is 28.8 Å². The quantitative estimate of drug-likeness (QED) is 0.556. The maximum atomic E-state index is 12.6. The highest BCUT2D eigenvalue weighted by Crippen LogP contribution is 2.22. The van der Waals surface area contributed by atoms with Crippen LogP contribution in [0.1, 0.15) is 30.9 Å². The Bertz CT molecular complexity index is 1230. The molecule has 0 unspecified atom stereocenters. The smallest absolute Gasteiger partial charge is 0.252 e. The van der Waals surface area contributed by atoms with Crippen molar-refractivity contribution in [2.45, 2.75) is 37.6 Å². The summed E-state index contributed by atoms with van der Waals surface area (Å²) in [6, 6.07) is 13.0. The Morgan fingerprint density at radius 3 is 2.48 bits per heavy atom. The third-order valence-electron chi connectivity index (χ3n) is 4.62. The fourth-order valence-electron chi connectivity index (χ4n) is 3.02. The van der Waals surface area contributed by atoms with E-state index < -0.39 is 9.84 Å². The topological polar surface area (TPSA) is 68.5 Å². The molecular formula is C22H24N2O3S2. The number of hydrogen-bond acceptors (Lipinski definition) is 4. The number of benzene rings is 2. The van der Waals surface area contributed by atoms with Gasteiger partial charge in [-0.25, -0.2) is 8.42 Å². The van der Waals surface area contributed by atoms with Crippen molar-refractivity contribution in [2.24, 2.45) is 4.99 Å². The second kappa shape index (κ2) is 8.47. The monoisotopic (exact) mass is 428 g/mol. The van der Waals surface area contributed by atoms with Gasteiger partial charge in [-0.05, 0) is 35.2 Å². The molecule has 5 nitrogen and oxygen atoms in total. The van der Waals surface area contributed by atoms with Gasteiger partial charge in [0.15, 0.2) is 14.6 Å². The van der Waals surface area contributed by atoms with Gasteiger partial charge in [-0.2, -0.15) is 4.99 Å². The van der Waals surface area contributed by atoms with Crippen molar-refractivity contribution in [3.8, 4) is 0 Å². The number of nitrogens with zero attached hydrogens (tertiary/aromatic N) is 2. The van der Waals surface area contributed by atoms with Crippen LogP contribution in [0.2, 0.25) is 0 Å². The van der Waals surface area contributed by atoms with E-state index in [4.69, 9.17) is 0 Å². The maximum absolute atomic E-state index is 12.6. The van der Waals surface area contributed by atoms with Gasteiger partial charge in [-0.3, -0.25) is 4.79 Å². The molecule has 0 aliphatic heterocycles. The average Bonchev–Trinajstić information content (AvgIpc) is 2.98. The van der Waals surface area contributed by atoms with Gasteiger partial charge in [0.2, 0.25) is 0 Å². The molecule has 2 aromatic carbocycles. The molecule has 0 aliphatic rings. The number of sulfone groups is 1. The second-order valence-corrected chi connectivity index (χ2v) is 10.3. The van der Waals surface area contributed by atoms with E-state index in [9.17, 15) is 13.2 Å². The summed E-state index contributed by atoms with van der Waals surface area (Å²) < 4.78 is 26.3. The van der Waals surface area contributed by atoms with Crippen LogP contribution in [0, 0.1) is 0 Å². The Morgan fingerprint density at radius 2 is 1.90 bits per heavy atom. The standard InChI is InChI=1S/C22H24N2O3S2/c1-5-12-24-19-11-10-18(29(4,26)27)14-20(19)28-22(24)23-21(25)13-16-6-8-17(9-7-16)15(2)3/h5-11,14-15H,1,12-13H2,2-4H3. The molecule has 1 heterocycles. The summed E-state index contributed by atoms with van der Waals surface area (Å²) >= 11 is 1.30. The number of carbonyl (C=O) groups is 1. The van der Waals surface area contributed by atoms with Crippen LogP contribution in [0.4, 0.5) is 0 Å². The number of aromatic nitrogens is 1.